The lowest BCUT2D eigenvalue weighted by atomic mass is 9.95. The number of rotatable bonds is 4. The van der Waals surface area contributed by atoms with E-state index < -0.39 is 0 Å². The molecule has 1 atom stereocenters. The molecule has 1 unspecified atom stereocenters. The number of hydrogen-bond acceptors (Lipinski definition) is 5. The zero-order chi connectivity index (χ0) is 18.8. The number of hydrogen-bond donors (Lipinski definition) is 1. The second kappa shape index (κ2) is 7.32. The van der Waals surface area contributed by atoms with E-state index >= 15 is 0 Å². The van der Waals surface area contributed by atoms with E-state index in [1.54, 1.807) is 31.5 Å². The molecule has 3 aromatic rings. The van der Waals surface area contributed by atoms with E-state index in [1.807, 2.05) is 18.2 Å². The molecule has 4 rings (SSSR count). The van der Waals surface area contributed by atoms with Gasteiger partial charge in [-0.1, -0.05) is 17.7 Å². The second-order valence-corrected chi connectivity index (χ2v) is 6.61. The standard InChI is InChI=1S/C20H17ClN2O4/c1-25-17-3-2-4-18-15(17)7-12(10-26-18)20(24)23-13-5-6-14(16(21)8-13)19-9-22-11-27-19/h2-6,8-9,11-12H,7,10H2,1H3,(H,23,24). The monoisotopic (exact) mass is 384 g/mol. The van der Waals surface area contributed by atoms with Gasteiger partial charge in [-0.15, -0.1) is 0 Å². The van der Waals surface area contributed by atoms with Crippen LogP contribution in [0.25, 0.3) is 11.3 Å². The number of amides is 1. The summed E-state index contributed by atoms with van der Waals surface area (Å²) in [7, 11) is 1.61. The molecule has 27 heavy (non-hydrogen) atoms. The number of oxazole rings is 1. The molecule has 1 N–H and O–H groups in total. The largest absolute Gasteiger partial charge is 0.496 e. The molecule has 138 valence electrons. The summed E-state index contributed by atoms with van der Waals surface area (Å²) >= 11 is 6.32. The molecule has 1 aliphatic rings. The number of methoxy groups -OCH3 is 1. The van der Waals surface area contributed by atoms with Crippen LogP contribution in [-0.2, 0) is 11.2 Å². The normalized spacial score (nSPS) is 15.6. The lowest BCUT2D eigenvalue weighted by Crippen LogP contribution is -2.32. The number of carbonyl (C=O) groups excluding carboxylic acids is 1. The van der Waals surface area contributed by atoms with Gasteiger partial charge in [0, 0.05) is 16.8 Å². The van der Waals surface area contributed by atoms with E-state index in [4.69, 9.17) is 25.5 Å². The van der Waals surface area contributed by atoms with Gasteiger partial charge in [-0.25, -0.2) is 4.98 Å². The van der Waals surface area contributed by atoms with Gasteiger partial charge in [-0.05, 0) is 36.8 Å². The minimum Gasteiger partial charge on any atom is -0.496 e. The van der Waals surface area contributed by atoms with Gasteiger partial charge in [0.05, 0.1) is 24.2 Å². The van der Waals surface area contributed by atoms with Crippen molar-refractivity contribution in [3.8, 4) is 22.8 Å². The number of benzene rings is 2. The molecule has 0 aliphatic carbocycles. The Balaban J connectivity index is 1.49. The van der Waals surface area contributed by atoms with Crippen LogP contribution in [0.2, 0.25) is 5.02 Å². The molecule has 0 spiro atoms. The number of nitrogens with zero attached hydrogens (tertiary/aromatic N) is 1. The average molecular weight is 385 g/mol. The van der Waals surface area contributed by atoms with Crippen LogP contribution >= 0.6 is 11.6 Å². The molecule has 0 saturated carbocycles. The minimum absolute atomic E-state index is 0.130. The molecule has 2 heterocycles. The molecule has 6 nitrogen and oxygen atoms in total. The minimum atomic E-state index is -0.318. The number of carbonyl (C=O) groups is 1. The van der Waals surface area contributed by atoms with Crippen molar-refractivity contribution < 1.29 is 18.7 Å². The number of fused-ring (bicyclic) bond motifs is 1. The Hall–Kier alpha value is -2.99. The summed E-state index contributed by atoms with van der Waals surface area (Å²) in [5.74, 6) is 1.61. The molecule has 1 aromatic heterocycles. The van der Waals surface area contributed by atoms with Crippen LogP contribution in [0.5, 0.6) is 11.5 Å². The summed E-state index contributed by atoms with van der Waals surface area (Å²) in [5.41, 5.74) is 2.23. The predicted molar refractivity (Wildman–Crippen MR) is 101 cm³/mol. The van der Waals surface area contributed by atoms with Crippen LogP contribution in [0.1, 0.15) is 5.56 Å². The second-order valence-electron chi connectivity index (χ2n) is 6.20. The molecular weight excluding hydrogens is 368 g/mol. The van der Waals surface area contributed by atoms with Crippen molar-refractivity contribution in [3.63, 3.8) is 0 Å². The van der Waals surface area contributed by atoms with Crippen molar-refractivity contribution in [1.82, 2.24) is 4.98 Å². The quantitative estimate of drug-likeness (QED) is 0.730. The van der Waals surface area contributed by atoms with Crippen molar-refractivity contribution in [1.29, 1.82) is 0 Å². The highest BCUT2D eigenvalue weighted by atomic mass is 35.5. The van der Waals surface area contributed by atoms with Crippen molar-refractivity contribution in [2.45, 2.75) is 6.42 Å². The smallest absolute Gasteiger partial charge is 0.231 e. The first kappa shape index (κ1) is 17.4. The van der Waals surface area contributed by atoms with Gasteiger partial charge in [0.25, 0.3) is 0 Å². The highest BCUT2D eigenvalue weighted by Crippen LogP contribution is 2.35. The third kappa shape index (κ3) is 3.48. The molecule has 1 aliphatic heterocycles. The Kier molecular flexibility index (Phi) is 4.73. The number of halogens is 1. The first-order chi connectivity index (χ1) is 13.2. The Labute approximate surface area is 161 Å². The van der Waals surface area contributed by atoms with E-state index in [0.29, 0.717) is 35.1 Å². The van der Waals surface area contributed by atoms with E-state index in [2.05, 4.69) is 10.3 Å². The van der Waals surface area contributed by atoms with Crippen LogP contribution in [0, 0.1) is 5.92 Å². The van der Waals surface area contributed by atoms with E-state index in [9.17, 15) is 4.79 Å². The van der Waals surface area contributed by atoms with Crippen molar-refractivity contribution in [2.75, 3.05) is 19.0 Å². The lowest BCUT2D eigenvalue weighted by molar-refractivity contribution is -0.121. The Morgan fingerprint density at radius 2 is 2.22 bits per heavy atom. The van der Waals surface area contributed by atoms with E-state index in [-0.39, 0.29) is 11.8 Å². The number of ether oxygens (including phenoxy) is 2. The number of nitrogens with one attached hydrogen (secondary N) is 1. The molecule has 0 saturated heterocycles. The Morgan fingerprint density at radius 3 is 2.96 bits per heavy atom. The number of aromatic nitrogens is 1. The molecule has 0 bridgehead atoms. The Morgan fingerprint density at radius 1 is 1.33 bits per heavy atom. The van der Waals surface area contributed by atoms with Gasteiger partial charge >= 0.3 is 0 Å². The van der Waals surface area contributed by atoms with Gasteiger partial charge in [0.2, 0.25) is 5.91 Å². The van der Waals surface area contributed by atoms with Gasteiger partial charge < -0.3 is 19.2 Å². The maximum Gasteiger partial charge on any atom is 0.231 e. The maximum absolute atomic E-state index is 12.7. The summed E-state index contributed by atoms with van der Waals surface area (Å²) in [6.07, 6.45) is 3.48. The molecule has 7 heteroatoms. The zero-order valence-corrected chi connectivity index (χ0v) is 15.3. The first-order valence-corrected chi connectivity index (χ1v) is 8.81. The van der Waals surface area contributed by atoms with Crippen molar-refractivity contribution in [2.24, 2.45) is 5.92 Å². The summed E-state index contributed by atoms with van der Waals surface area (Å²) in [6.45, 7) is 0.315. The fraction of sp³-hybridized carbons (Fsp3) is 0.200. The fourth-order valence-corrected chi connectivity index (χ4v) is 3.40. The first-order valence-electron chi connectivity index (χ1n) is 8.43. The van der Waals surface area contributed by atoms with Crippen LogP contribution in [0.3, 0.4) is 0 Å². The molecule has 1 amide bonds. The summed E-state index contributed by atoms with van der Waals surface area (Å²) in [6, 6.07) is 10.9. The van der Waals surface area contributed by atoms with Crippen LogP contribution in [-0.4, -0.2) is 24.6 Å². The van der Waals surface area contributed by atoms with Gasteiger partial charge in [0.15, 0.2) is 12.2 Å². The molecular formula is C20H17ClN2O4. The fourth-order valence-electron chi connectivity index (χ4n) is 3.12. The lowest BCUT2D eigenvalue weighted by Gasteiger charge is -2.26. The summed E-state index contributed by atoms with van der Waals surface area (Å²) < 4.78 is 16.4. The van der Waals surface area contributed by atoms with E-state index in [1.165, 1.54) is 6.39 Å². The Bertz CT molecular complexity index is 958. The average Bonchev–Trinajstić information content (AvgIpc) is 3.21. The predicted octanol–water partition coefficient (Wildman–Crippen LogP) is 4.19. The van der Waals surface area contributed by atoms with Gasteiger partial charge in [-0.2, -0.15) is 0 Å². The molecule has 0 radical (unpaired) electrons. The number of anilines is 1. The van der Waals surface area contributed by atoms with Crippen LogP contribution in [0.4, 0.5) is 5.69 Å². The third-order valence-corrected chi connectivity index (χ3v) is 4.82. The summed E-state index contributed by atoms with van der Waals surface area (Å²) in [5, 5.41) is 3.37. The molecule has 0 fully saturated rings. The highest BCUT2D eigenvalue weighted by Gasteiger charge is 2.28. The molecule has 2 aromatic carbocycles. The van der Waals surface area contributed by atoms with Gasteiger partial charge in [-0.3, -0.25) is 4.79 Å². The van der Waals surface area contributed by atoms with Gasteiger partial charge in [0.1, 0.15) is 18.1 Å². The zero-order valence-electron chi connectivity index (χ0n) is 14.6. The van der Waals surface area contributed by atoms with Crippen LogP contribution < -0.4 is 14.8 Å². The maximum atomic E-state index is 12.7. The third-order valence-electron chi connectivity index (χ3n) is 4.51. The topological polar surface area (TPSA) is 73.6 Å². The highest BCUT2D eigenvalue weighted by molar-refractivity contribution is 6.33. The van der Waals surface area contributed by atoms with Crippen molar-refractivity contribution in [3.05, 3.63) is 59.6 Å². The van der Waals surface area contributed by atoms with Crippen molar-refractivity contribution >= 4 is 23.2 Å². The summed E-state index contributed by atoms with van der Waals surface area (Å²) in [4.78, 5) is 16.6. The van der Waals surface area contributed by atoms with Crippen LogP contribution in [0.15, 0.2) is 53.4 Å². The SMILES string of the molecule is COc1cccc2c1CC(C(=O)Nc1ccc(-c3cnco3)c(Cl)c1)CO2. The van der Waals surface area contributed by atoms with E-state index in [0.717, 1.165) is 17.1 Å².